The van der Waals surface area contributed by atoms with Crippen molar-refractivity contribution in [2.45, 2.75) is 45.1 Å². The van der Waals surface area contributed by atoms with E-state index >= 15 is 0 Å². The van der Waals surface area contributed by atoms with Gasteiger partial charge in [0, 0.05) is 5.88 Å². The molecule has 1 unspecified atom stereocenters. The Bertz CT molecular complexity index is 311. The predicted octanol–water partition coefficient (Wildman–Crippen LogP) is 4.04. The highest BCUT2D eigenvalue weighted by Crippen LogP contribution is 2.25. The first-order chi connectivity index (χ1) is 7.45. The molecule has 0 aliphatic rings. The maximum Gasteiger partial charge on any atom is 0.0790 e. The van der Waals surface area contributed by atoms with Crippen LogP contribution in [0.3, 0.4) is 0 Å². The standard InChI is InChI=1S/C14H21ClO/c1-14(2,3)12-8-6-11(7-9-12)13(16)5-4-10-15/h6-9,13,16H,4-5,10H2,1-3H3. The highest BCUT2D eigenvalue weighted by Gasteiger charge is 2.14. The molecule has 0 amide bonds. The summed E-state index contributed by atoms with van der Waals surface area (Å²) in [7, 11) is 0. The van der Waals surface area contributed by atoms with Crippen molar-refractivity contribution in [3.05, 3.63) is 35.4 Å². The van der Waals surface area contributed by atoms with Gasteiger partial charge >= 0.3 is 0 Å². The first-order valence-electron chi connectivity index (χ1n) is 5.79. The van der Waals surface area contributed by atoms with Gasteiger partial charge in [-0.05, 0) is 29.4 Å². The second-order valence-electron chi connectivity index (χ2n) is 5.22. The zero-order valence-electron chi connectivity index (χ0n) is 10.3. The predicted molar refractivity (Wildman–Crippen MR) is 70.1 cm³/mol. The van der Waals surface area contributed by atoms with Gasteiger partial charge in [0.2, 0.25) is 0 Å². The Morgan fingerprint density at radius 1 is 1.19 bits per heavy atom. The highest BCUT2D eigenvalue weighted by molar-refractivity contribution is 6.17. The number of aliphatic hydroxyl groups excluding tert-OH is 1. The SMILES string of the molecule is CC(C)(C)c1ccc(C(O)CCCCl)cc1. The summed E-state index contributed by atoms with van der Waals surface area (Å²) >= 11 is 5.61. The van der Waals surface area contributed by atoms with Gasteiger partial charge in [0.1, 0.15) is 0 Å². The van der Waals surface area contributed by atoms with Crippen molar-refractivity contribution >= 4 is 11.6 Å². The summed E-state index contributed by atoms with van der Waals surface area (Å²) in [4.78, 5) is 0. The lowest BCUT2D eigenvalue weighted by Crippen LogP contribution is -2.11. The molecular formula is C14H21ClO. The van der Waals surface area contributed by atoms with Gasteiger partial charge in [0.05, 0.1) is 6.10 Å². The van der Waals surface area contributed by atoms with Gasteiger partial charge in [0.15, 0.2) is 0 Å². The number of alkyl halides is 1. The Balaban J connectivity index is 2.71. The summed E-state index contributed by atoms with van der Waals surface area (Å²) in [6.07, 6.45) is 1.20. The monoisotopic (exact) mass is 240 g/mol. The Labute approximate surface area is 103 Å². The quantitative estimate of drug-likeness (QED) is 0.788. The number of hydrogen-bond donors (Lipinski definition) is 1. The van der Waals surface area contributed by atoms with Crippen molar-refractivity contribution in [3.8, 4) is 0 Å². The number of rotatable bonds is 4. The van der Waals surface area contributed by atoms with Crippen LogP contribution in [0.1, 0.15) is 50.8 Å². The molecule has 0 spiro atoms. The van der Waals surface area contributed by atoms with Crippen LogP contribution in [0.5, 0.6) is 0 Å². The Morgan fingerprint density at radius 2 is 1.75 bits per heavy atom. The lowest BCUT2D eigenvalue weighted by Gasteiger charge is -2.20. The third-order valence-electron chi connectivity index (χ3n) is 2.77. The van der Waals surface area contributed by atoms with Crippen LogP contribution in [-0.4, -0.2) is 11.0 Å². The van der Waals surface area contributed by atoms with Gasteiger partial charge < -0.3 is 5.11 Å². The van der Waals surface area contributed by atoms with Gasteiger partial charge in [-0.1, -0.05) is 45.0 Å². The average Bonchev–Trinajstić information content (AvgIpc) is 2.25. The lowest BCUT2D eigenvalue weighted by atomic mass is 9.86. The van der Waals surface area contributed by atoms with Gasteiger partial charge in [-0.2, -0.15) is 0 Å². The number of aliphatic hydroxyl groups is 1. The molecule has 16 heavy (non-hydrogen) atoms. The van der Waals surface area contributed by atoms with E-state index in [0.717, 1.165) is 18.4 Å². The van der Waals surface area contributed by atoms with Crippen LogP contribution in [0.2, 0.25) is 0 Å². The molecule has 0 radical (unpaired) electrons. The molecule has 0 heterocycles. The summed E-state index contributed by atoms with van der Waals surface area (Å²) in [6.45, 7) is 6.56. The summed E-state index contributed by atoms with van der Waals surface area (Å²) < 4.78 is 0. The molecular weight excluding hydrogens is 220 g/mol. The van der Waals surface area contributed by atoms with Crippen LogP contribution in [0.25, 0.3) is 0 Å². The number of hydrogen-bond acceptors (Lipinski definition) is 1. The molecule has 0 aliphatic heterocycles. The first kappa shape index (κ1) is 13.5. The second kappa shape index (κ2) is 5.70. The molecule has 0 aromatic heterocycles. The van der Waals surface area contributed by atoms with Gasteiger partial charge in [-0.15, -0.1) is 11.6 Å². The van der Waals surface area contributed by atoms with Crippen LogP contribution in [0, 0.1) is 0 Å². The van der Waals surface area contributed by atoms with E-state index in [-0.39, 0.29) is 11.5 Å². The molecule has 2 heteroatoms. The Kier molecular flexibility index (Phi) is 4.82. The van der Waals surface area contributed by atoms with Gasteiger partial charge in [-0.25, -0.2) is 0 Å². The Morgan fingerprint density at radius 3 is 2.19 bits per heavy atom. The highest BCUT2D eigenvalue weighted by atomic mass is 35.5. The maximum absolute atomic E-state index is 9.89. The van der Waals surface area contributed by atoms with Crippen molar-refractivity contribution in [3.63, 3.8) is 0 Å². The minimum atomic E-state index is -0.382. The largest absolute Gasteiger partial charge is 0.388 e. The van der Waals surface area contributed by atoms with E-state index < -0.39 is 0 Å². The van der Waals surface area contributed by atoms with Crippen molar-refractivity contribution in [2.75, 3.05) is 5.88 Å². The molecule has 90 valence electrons. The van der Waals surface area contributed by atoms with E-state index in [1.807, 2.05) is 12.1 Å². The summed E-state index contributed by atoms with van der Waals surface area (Å²) in [5, 5.41) is 9.89. The molecule has 0 bridgehead atoms. The molecule has 1 aromatic carbocycles. The molecule has 1 atom stereocenters. The maximum atomic E-state index is 9.89. The minimum Gasteiger partial charge on any atom is -0.388 e. The smallest absolute Gasteiger partial charge is 0.0790 e. The molecule has 1 nitrogen and oxygen atoms in total. The average molecular weight is 241 g/mol. The molecule has 0 fully saturated rings. The molecule has 1 aromatic rings. The van der Waals surface area contributed by atoms with E-state index in [1.165, 1.54) is 5.56 Å². The van der Waals surface area contributed by atoms with Gasteiger partial charge in [-0.3, -0.25) is 0 Å². The molecule has 0 aliphatic carbocycles. The number of benzene rings is 1. The van der Waals surface area contributed by atoms with Crippen molar-refractivity contribution in [1.82, 2.24) is 0 Å². The normalized spacial score (nSPS) is 13.8. The van der Waals surface area contributed by atoms with E-state index in [1.54, 1.807) is 0 Å². The zero-order valence-corrected chi connectivity index (χ0v) is 11.1. The third kappa shape index (κ3) is 3.80. The minimum absolute atomic E-state index is 0.166. The molecule has 1 rings (SSSR count). The second-order valence-corrected chi connectivity index (χ2v) is 5.60. The summed E-state index contributed by atoms with van der Waals surface area (Å²) in [5.41, 5.74) is 2.44. The van der Waals surface area contributed by atoms with Crippen LogP contribution in [-0.2, 0) is 5.41 Å². The van der Waals surface area contributed by atoms with E-state index in [9.17, 15) is 5.11 Å². The van der Waals surface area contributed by atoms with Gasteiger partial charge in [0.25, 0.3) is 0 Å². The summed E-state index contributed by atoms with van der Waals surface area (Å²) in [6, 6.07) is 8.22. The topological polar surface area (TPSA) is 20.2 Å². The zero-order chi connectivity index (χ0) is 12.2. The molecule has 1 N–H and O–H groups in total. The molecule has 0 saturated carbocycles. The molecule has 0 saturated heterocycles. The van der Waals surface area contributed by atoms with Crippen molar-refractivity contribution in [1.29, 1.82) is 0 Å². The fourth-order valence-corrected chi connectivity index (χ4v) is 1.80. The fraction of sp³-hybridized carbons (Fsp3) is 0.571. The van der Waals surface area contributed by atoms with Crippen LogP contribution < -0.4 is 0 Å². The van der Waals surface area contributed by atoms with E-state index in [2.05, 4.69) is 32.9 Å². The lowest BCUT2D eigenvalue weighted by molar-refractivity contribution is 0.166. The van der Waals surface area contributed by atoms with E-state index in [0.29, 0.717) is 5.88 Å². The fourth-order valence-electron chi connectivity index (χ4n) is 1.64. The van der Waals surface area contributed by atoms with E-state index in [4.69, 9.17) is 11.6 Å². The Hall–Kier alpha value is -0.530. The van der Waals surface area contributed by atoms with Crippen molar-refractivity contribution < 1.29 is 5.11 Å². The van der Waals surface area contributed by atoms with Crippen LogP contribution in [0.15, 0.2) is 24.3 Å². The number of halogens is 1. The summed E-state index contributed by atoms with van der Waals surface area (Å²) in [5.74, 6) is 0.608. The third-order valence-corrected chi connectivity index (χ3v) is 3.04. The van der Waals surface area contributed by atoms with Crippen LogP contribution >= 0.6 is 11.6 Å². The van der Waals surface area contributed by atoms with Crippen molar-refractivity contribution in [2.24, 2.45) is 0 Å². The first-order valence-corrected chi connectivity index (χ1v) is 6.33. The van der Waals surface area contributed by atoms with Crippen LogP contribution in [0.4, 0.5) is 0 Å².